The minimum absolute atomic E-state index is 0. The van der Waals surface area contributed by atoms with Gasteiger partial charge in [0.15, 0.2) is 0 Å². The van der Waals surface area contributed by atoms with E-state index in [1.807, 2.05) is 0 Å². The smallest absolute Gasteiger partial charge is 0.247 e. The molecule has 1 saturated heterocycles. The molecule has 1 fully saturated rings. The Morgan fingerprint density at radius 1 is 0.923 bits per heavy atom. The molecule has 0 N–H and O–H groups in total. The summed E-state index contributed by atoms with van der Waals surface area (Å²) in [6.07, 6.45) is -0.111. The van der Waals surface area contributed by atoms with Crippen LogP contribution < -0.4 is 0 Å². The molecule has 0 spiro atoms. The molecule has 0 aromatic carbocycles. The third kappa shape index (κ3) is 9.00. The molecule has 0 atom stereocenters. The van der Waals surface area contributed by atoms with Gasteiger partial charge < -0.3 is 0 Å². The van der Waals surface area contributed by atoms with E-state index in [0.717, 1.165) is 0 Å². The molecule has 0 bridgehead atoms. The van der Waals surface area contributed by atoms with Gasteiger partial charge in [0.05, 0.1) is 12.8 Å². The number of carbonyl (C=O) groups is 2. The number of rotatable bonds is 0. The molecule has 1 aliphatic heterocycles. The zero-order valence-corrected chi connectivity index (χ0v) is 14.8. The van der Waals surface area contributed by atoms with E-state index in [4.69, 9.17) is 0 Å². The largest absolute Gasteiger partial charge is 0.811 e. The molecular formula is C4H4Na3O5P+. The summed E-state index contributed by atoms with van der Waals surface area (Å²) >= 11 is 0. The monoisotopic (exact) mass is 232 g/mol. The van der Waals surface area contributed by atoms with Crippen LogP contribution in [-0.2, 0) is 23.2 Å². The molecule has 0 unspecified atom stereocenters. The molecule has 3 radical (unpaired) electrons. The third-order valence-electron chi connectivity index (χ3n) is 0.886. The summed E-state index contributed by atoms with van der Waals surface area (Å²) in [6.45, 7) is 0. The molecule has 0 aromatic heterocycles. The Morgan fingerprint density at radius 3 is 1.54 bits per heavy atom. The van der Waals surface area contributed by atoms with E-state index in [9.17, 15) is 14.2 Å². The van der Waals surface area contributed by atoms with E-state index >= 15 is 0 Å². The zero-order valence-electron chi connectivity index (χ0n) is 7.90. The Kier molecular flexibility index (Phi) is 16.6. The minimum atomic E-state index is -2.55. The Bertz CT molecular complexity index is 188. The summed E-state index contributed by atoms with van der Waals surface area (Å²) in [4.78, 5) is 20.8. The van der Waals surface area contributed by atoms with Crippen LogP contribution in [0.15, 0.2) is 0 Å². The average Bonchev–Trinajstić information content (AvgIpc) is 1.93. The van der Waals surface area contributed by atoms with E-state index in [-0.39, 0.29) is 102 Å². The Balaban J connectivity index is -0.000000333. The maximum Gasteiger partial charge on any atom is 0.811 e. The maximum atomic E-state index is 10.4. The summed E-state index contributed by atoms with van der Waals surface area (Å²) < 4.78 is 18.6. The minimum Gasteiger partial charge on any atom is -0.247 e. The summed E-state index contributed by atoms with van der Waals surface area (Å²) in [5.74, 6) is -1.32. The molecule has 1 aliphatic rings. The van der Waals surface area contributed by atoms with Crippen molar-refractivity contribution in [1.29, 1.82) is 0 Å². The van der Waals surface area contributed by atoms with Crippen LogP contribution in [0.1, 0.15) is 12.8 Å². The average molecular weight is 232 g/mol. The van der Waals surface area contributed by atoms with Crippen molar-refractivity contribution in [2.24, 2.45) is 0 Å². The topological polar surface area (TPSA) is 69.7 Å². The summed E-state index contributed by atoms with van der Waals surface area (Å²) in [6, 6.07) is 0. The second-order valence-corrected chi connectivity index (χ2v) is 2.46. The van der Waals surface area contributed by atoms with Crippen LogP contribution in [0.4, 0.5) is 0 Å². The first-order valence-electron chi connectivity index (χ1n) is 2.57. The van der Waals surface area contributed by atoms with Crippen LogP contribution in [0.5, 0.6) is 0 Å². The number of carbonyl (C=O) groups excluding carboxylic acids is 2. The molecule has 0 aliphatic carbocycles. The first kappa shape index (κ1) is 20.5. The van der Waals surface area contributed by atoms with Crippen LogP contribution in [0.2, 0.25) is 0 Å². The van der Waals surface area contributed by atoms with Gasteiger partial charge in [-0.25, -0.2) is 9.59 Å². The molecule has 5 nitrogen and oxygen atoms in total. The number of hydrogen-bond acceptors (Lipinski definition) is 5. The molecule has 0 amide bonds. The molecule has 13 heavy (non-hydrogen) atoms. The predicted octanol–water partition coefficient (Wildman–Crippen LogP) is -0.618. The van der Waals surface area contributed by atoms with Crippen molar-refractivity contribution in [3.8, 4) is 0 Å². The second kappa shape index (κ2) is 10.6. The fourth-order valence-corrected chi connectivity index (χ4v) is 1.03. The van der Waals surface area contributed by atoms with Gasteiger partial charge in [0.2, 0.25) is 0 Å². The first-order chi connectivity index (χ1) is 4.68. The van der Waals surface area contributed by atoms with E-state index in [2.05, 4.69) is 9.05 Å². The van der Waals surface area contributed by atoms with Gasteiger partial charge in [-0.05, 0) is 0 Å². The molecule has 57 valence electrons. The molecule has 0 saturated carbocycles. The zero-order chi connectivity index (χ0) is 7.56. The Labute approximate surface area is 142 Å². The van der Waals surface area contributed by atoms with Gasteiger partial charge in [0.1, 0.15) is 0 Å². The van der Waals surface area contributed by atoms with Gasteiger partial charge in [-0.15, -0.1) is 0 Å². The third-order valence-corrected chi connectivity index (χ3v) is 1.59. The van der Waals surface area contributed by atoms with Gasteiger partial charge in [0.25, 0.3) is 0 Å². The Hall–Kier alpha value is 2.04. The maximum absolute atomic E-state index is 10.4. The van der Waals surface area contributed by atoms with Crippen molar-refractivity contribution in [3.05, 3.63) is 0 Å². The first-order valence-corrected chi connectivity index (χ1v) is 3.67. The van der Waals surface area contributed by atoms with Gasteiger partial charge in [-0.3, -0.25) is 0 Å². The molecule has 0 aromatic rings. The van der Waals surface area contributed by atoms with Crippen molar-refractivity contribution in [3.63, 3.8) is 0 Å². The fraction of sp³-hybridized carbons (Fsp3) is 0.500. The van der Waals surface area contributed by atoms with E-state index in [0.29, 0.717) is 0 Å². The summed E-state index contributed by atoms with van der Waals surface area (Å²) in [5, 5.41) is 0. The van der Waals surface area contributed by atoms with Crippen LogP contribution in [0.3, 0.4) is 0 Å². The van der Waals surface area contributed by atoms with Gasteiger partial charge in [0, 0.05) is 93.2 Å². The fourth-order valence-electron chi connectivity index (χ4n) is 0.480. The molecule has 9 heteroatoms. The van der Waals surface area contributed by atoms with E-state index in [1.54, 1.807) is 0 Å². The van der Waals surface area contributed by atoms with Crippen molar-refractivity contribution < 1.29 is 23.2 Å². The molecule has 1 heterocycles. The van der Waals surface area contributed by atoms with Crippen LogP contribution in [0.25, 0.3) is 0 Å². The van der Waals surface area contributed by atoms with Crippen molar-refractivity contribution >= 4 is 109 Å². The van der Waals surface area contributed by atoms with Crippen LogP contribution in [-0.4, -0.2) is 101 Å². The van der Waals surface area contributed by atoms with Crippen molar-refractivity contribution in [2.75, 3.05) is 0 Å². The normalized spacial score (nSPS) is 14.9. The second-order valence-electron chi connectivity index (χ2n) is 1.65. The standard InChI is InChI=1S/C4H4O5P.3Na/c5-3-1-2-4(6)9-10(7)8-3;;;/h1-2H2;;;/q+1;;;. The summed E-state index contributed by atoms with van der Waals surface area (Å²) in [5.41, 5.74) is 0. The predicted molar refractivity (Wildman–Crippen MR) is 46.3 cm³/mol. The van der Waals surface area contributed by atoms with Gasteiger partial charge >= 0.3 is 20.2 Å². The SMILES string of the molecule is O=C1CCC(=O)O[P+](=O)O1.[Na].[Na].[Na]. The van der Waals surface area contributed by atoms with Gasteiger partial charge in [-0.1, -0.05) is 0 Å². The van der Waals surface area contributed by atoms with E-state index < -0.39 is 20.2 Å². The number of hydrogen-bond donors (Lipinski definition) is 0. The van der Waals surface area contributed by atoms with E-state index in [1.165, 1.54) is 0 Å². The van der Waals surface area contributed by atoms with Crippen molar-refractivity contribution in [2.45, 2.75) is 12.8 Å². The summed E-state index contributed by atoms with van der Waals surface area (Å²) in [7, 11) is -2.55. The molecular weight excluding hydrogens is 228 g/mol. The van der Waals surface area contributed by atoms with Crippen LogP contribution in [0, 0.1) is 0 Å². The quantitative estimate of drug-likeness (QED) is 0.411. The van der Waals surface area contributed by atoms with Gasteiger partial charge in [-0.2, -0.15) is 9.05 Å². The Morgan fingerprint density at radius 2 is 1.23 bits per heavy atom. The molecule has 1 rings (SSSR count). The van der Waals surface area contributed by atoms with Crippen LogP contribution >= 0.6 is 8.25 Å². The van der Waals surface area contributed by atoms with Crippen molar-refractivity contribution in [1.82, 2.24) is 0 Å².